The van der Waals surface area contributed by atoms with Crippen LogP contribution in [0.5, 0.6) is 0 Å². The lowest BCUT2D eigenvalue weighted by atomic mass is 9.84. The van der Waals surface area contributed by atoms with E-state index in [9.17, 15) is 10.2 Å². The fourth-order valence-electron chi connectivity index (χ4n) is 2.11. The summed E-state index contributed by atoms with van der Waals surface area (Å²) in [4.78, 5) is 0. The molecular weight excluding hydrogens is 224 g/mol. The van der Waals surface area contributed by atoms with Crippen molar-refractivity contribution in [3.8, 4) is 0 Å². The number of unbranched alkanes of at least 4 members (excludes halogenated alkanes) is 1. The summed E-state index contributed by atoms with van der Waals surface area (Å²) >= 11 is 0. The van der Waals surface area contributed by atoms with Gasteiger partial charge < -0.3 is 10.2 Å². The van der Waals surface area contributed by atoms with Gasteiger partial charge in [0, 0.05) is 0 Å². The molecular formula is C16H34O2. The summed E-state index contributed by atoms with van der Waals surface area (Å²) in [6.07, 6.45) is 7.48. The molecule has 2 N–H and O–H groups in total. The third-order valence-electron chi connectivity index (χ3n) is 4.14. The normalized spacial score (nSPS) is 20.2. The van der Waals surface area contributed by atoms with Crippen LogP contribution in [0, 0.1) is 5.92 Å². The van der Waals surface area contributed by atoms with E-state index in [4.69, 9.17) is 0 Å². The molecule has 0 aromatic heterocycles. The average molecular weight is 258 g/mol. The SMILES string of the molecule is CCCCC(C)(O)CCC(C)(O)CCC(C)CC. The van der Waals surface area contributed by atoms with E-state index < -0.39 is 11.2 Å². The van der Waals surface area contributed by atoms with Gasteiger partial charge in [0.15, 0.2) is 0 Å². The van der Waals surface area contributed by atoms with E-state index in [1.807, 2.05) is 13.8 Å². The molecule has 0 aromatic rings. The molecule has 0 bridgehead atoms. The van der Waals surface area contributed by atoms with Gasteiger partial charge in [-0.25, -0.2) is 0 Å². The zero-order chi connectivity index (χ0) is 14.2. The Morgan fingerprint density at radius 1 is 0.889 bits per heavy atom. The molecule has 0 aromatic carbocycles. The van der Waals surface area contributed by atoms with Gasteiger partial charge in [-0.1, -0.05) is 40.0 Å². The van der Waals surface area contributed by atoms with Crippen LogP contribution in [0.2, 0.25) is 0 Å². The first kappa shape index (κ1) is 17.9. The van der Waals surface area contributed by atoms with Crippen molar-refractivity contribution in [2.45, 2.75) is 97.2 Å². The van der Waals surface area contributed by atoms with Crippen molar-refractivity contribution in [2.75, 3.05) is 0 Å². The minimum Gasteiger partial charge on any atom is -0.390 e. The van der Waals surface area contributed by atoms with E-state index in [1.54, 1.807) is 0 Å². The first-order valence-corrected chi connectivity index (χ1v) is 7.67. The standard InChI is InChI=1S/C16H34O2/c1-6-8-10-15(4,17)12-13-16(5,18)11-9-14(3)7-2/h14,17-18H,6-13H2,1-5H3. The first-order valence-electron chi connectivity index (χ1n) is 7.67. The molecule has 2 heteroatoms. The van der Waals surface area contributed by atoms with Crippen LogP contribution < -0.4 is 0 Å². The van der Waals surface area contributed by atoms with Crippen molar-refractivity contribution in [3.63, 3.8) is 0 Å². The van der Waals surface area contributed by atoms with Gasteiger partial charge in [0.2, 0.25) is 0 Å². The van der Waals surface area contributed by atoms with Gasteiger partial charge in [0.05, 0.1) is 11.2 Å². The minimum absolute atomic E-state index is 0.615. The quantitative estimate of drug-likeness (QED) is 0.614. The monoisotopic (exact) mass is 258 g/mol. The summed E-state index contributed by atoms with van der Waals surface area (Å²) < 4.78 is 0. The van der Waals surface area contributed by atoms with Crippen molar-refractivity contribution >= 4 is 0 Å². The largest absolute Gasteiger partial charge is 0.390 e. The highest BCUT2D eigenvalue weighted by molar-refractivity contribution is 4.80. The lowest BCUT2D eigenvalue weighted by Crippen LogP contribution is -2.31. The van der Waals surface area contributed by atoms with Crippen LogP contribution in [0.4, 0.5) is 0 Å². The fraction of sp³-hybridized carbons (Fsp3) is 1.00. The van der Waals surface area contributed by atoms with Crippen LogP contribution in [-0.2, 0) is 0 Å². The second-order valence-electron chi connectivity index (χ2n) is 6.65. The highest BCUT2D eigenvalue weighted by Gasteiger charge is 2.27. The molecule has 0 amide bonds. The average Bonchev–Trinajstić information content (AvgIpc) is 2.31. The van der Waals surface area contributed by atoms with Gasteiger partial charge in [0.1, 0.15) is 0 Å². The van der Waals surface area contributed by atoms with E-state index in [0.29, 0.717) is 18.8 Å². The van der Waals surface area contributed by atoms with Crippen LogP contribution in [0.25, 0.3) is 0 Å². The summed E-state index contributed by atoms with van der Waals surface area (Å²) in [5.41, 5.74) is -1.24. The summed E-state index contributed by atoms with van der Waals surface area (Å²) in [7, 11) is 0. The van der Waals surface area contributed by atoms with E-state index >= 15 is 0 Å². The Bertz CT molecular complexity index is 209. The molecule has 3 unspecified atom stereocenters. The lowest BCUT2D eigenvalue weighted by molar-refractivity contribution is -0.0142. The molecule has 110 valence electrons. The van der Waals surface area contributed by atoms with Gasteiger partial charge in [-0.3, -0.25) is 0 Å². The summed E-state index contributed by atoms with van der Waals surface area (Å²) in [5.74, 6) is 0.678. The van der Waals surface area contributed by atoms with Crippen molar-refractivity contribution in [1.29, 1.82) is 0 Å². The topological polar surface area (TPSA) is 40.5 Å². The van der Waals surface area contributed by atoms with E-state index in [0.717, 1.165) is 32.1 Å². The molecule has 0 aliphatic carbocycles. The second-order valence-corrected chi connectivity index (χ2v) is 6.65. The van der Waals surface area contributed by atoms with Gasteiger partial charge in [-0.05, 0) is 51.9 Å². The Kier molecular flexibility index (Phi) is 8.13. The van der Waals surface area contributed by atoms with Gasteiger partial charge in [-0.15, -0.1) is 0 Å². The molecule has 0 saturated carbocycles. The molecule has 2 nitrogen and oxygen atoms in total. The van der Waals surface area contributed by atoms with E-state index in [1.165, 1.54) is 6.42 Å². The highest BCUT2D eigenvalue weighted by atomic mass is 16.3. The van der Waals surface area contributed by atoms with Crippen molar-refractivity contribution in [3.05, 3.63) is 0 Å². The van der Waals surface area contributed by atoms with Crippen molar-refractivity contribution < 1.29 is 10.2 Å². The number of hydrogen-bond acceptors (Lipinski definition) is 2. The highest BCUT2D eigenvalue weighted by Crippen LogP contribution is 2.28. The van der Waals surface area contributed by atoms with E-state index in [-0.39, 0.29) is 0 Å². The molecule has 0 fully saturated rings. The molecule has 0 rings (SSSR count). The Hall–Kier alpha value is -0.0800. The summed E-state index contributed by atoms with van der Waals surface area (Å²) in [5, 5.41) is 20.6. The van der Waals surface area contributed by atoms with E-state index in [2.05, 4.69) is 20.8 Å². The van der Waals surface area contributed by atoms with Crippen LogP contribution in [0.3, 0.4) is 0 Å². The Morgan fingerprint density at radius 3 is 1.83 bits per heavy atom. The first-order chi connectivity index (χ1) is 8.22. The molecule has 0 heterocycles. The van der Waals surface area contributed by atoms with Gasteiger partial charge in [0.25, 0.3) is 0 Å². The van der Waals surface area contributed by atoms with Crippen molar-refractivity contribution in [1.82, 2.24) is 0 Å². The van der Waals surface area contributed by atoms with Crippen LogP contribution in [-0.4, -0.2) is 21.4 Å². The minimum atomic E-state index is -0.625. The molecule has 3 atom stereocenters. The molecule has 0 aliphatic rings. The molecule has 0 radical (unpaired) electrons. The predicted octanol–water partition coefficient (Wildman–Crippen LogP) is 4.29. The summed E-state index contributed by atoms with van der Waals surface area (Å²) in [6.45, 7) is 10.4. The maximum atomic E-state index is 10.3. The smallest absolute Gasteiger partial charge is 0.0621 e. The summed E-state index contributed by atoms with van der Waals surface area (Å²) in [6, 6.07) is 0. The van der Waals surface area contributed by atoms with Crippen molar-refractivity contribution in [2.24, 2.45) is 5.92 Å². The van der Waals surface area contributed by atoms with Gasteiger partial charge in [-0.2, -0.15) is 0 Å². The second kappa shape index (κ2) is 8.16. The lowest BCUT2D eigenvalue weighted by Gasteiger charge is -2.30. The third kappa shape index (κ3) is 8.93. The third-order valence-corrected chi connectivity index (χ3v) is 4.14. The Morgan fingerprint density at radius 2 is 1.39 bits per heavy atom. The molecule has 18 heavy (non-hydrogen) atoms. The van der Waals surface area contributed by atoms with Crippen LogP contribution in [0.1, 0.15) is 86.0 Å². The fourth-order valence-corrected chi connectivity index (χ4v) is 2.11. The predicted molar refractivity (Wildman–Crippen MR) is 78.7 cm³/mol. The zero-order valence-electron chi connectivity index (χ0n) is 13.1. The molecule has 0 saturated heterocycles. The maximum Gasteiger partial charge on any atom is 0.0621 e. The molecule has 0 spiro atoms. The van der Waals surface area contributed by atoms with Crippen LogP contribution in [0.15, 0.2) is 0 Å². The molecule has 0 aliphatic heterocycles. The number of hydrogen-bond donors (Lipinski definition) is 2. The Balaban J connectivity index is 4.00. The number of rotatable bonds is 10. The maximum absolute atomic E-state index is 10.3. The van der Waals surface area contributed by atoms with Crippen LogP contribution >= 0.6 is 0 Å². The number of aliphatic hydroxyl groups is 2. The Labute approximate surface area is 114 Å². The zero-order valence-corrected chi connectivity index (χ0v) is 13.1. The van der Waals surface area contributed by atoms with Gasteiger partial charge >= 0.3 is 0 Å².